The number of ketones is 1. The second-order valence-electron chi connectivity index (χ2n) is 5.21. The maximum absolute atomic E-state index is 11.9. The van der Waals surface area contributed by atoms with Gasteiger partial charge in [0, 0.05) is 5.92 Å². The molecule has 1 unspecified atom stereocenters. The summed E-state index contributed by atoms with van der Waals surface area (Å²) in [7, 11) is 1.52. The molecular formula is C18H20O3. The average Bonchev–Trinajstić information content (AvgIpc) is 2.49. The predicted octanol–water partition coefficient (Wildman–Crippen LogP) is 3.39. The summed E-state index contributed by atoms with van der Waals surface area (Å²) in [6.07, 6.45) is 1.36. The molecule has 0 aliphatic rings. The van der Waals surface area contributed by atoms with Gasteiger partial charge in [0.15, 0.2) is 11.5 Å². The maximum Gasteiger partial charge on any atom is 0.160 e. The fourth-order valence-corrected chi connectivity index (χ4v) is 2.39. The largest absolute Gasteiger partial charge is 0.504 e. The number of hydrogen-bond donors (Lipinski definition) is 1. The van der Waals surface area contributed by atoms with Crippen LogP contribution in [0.5, 0.6) is 11.5 Å². The van der Waals surface area contributed by atoms with Crippen LogP contribution in [0.1, 0.15) is 18.1 Å². The number of carbonyl (C=O) groups excluding carboxylic acids is 1. The summed E-state index contributed by atoms with van der Waals surface area (Å²) >= 11 is 0. The van der Waals surface area contributed by atoms with Crippen LogP contribution in [0.4, 0.5) is 0 Å². The molecule has 0 saturated heterocycles. The summed E-state index contributed by atoms with van der Waals surface area (Å²) < 4.78 is 5.11. The summed E-state index contributed by atoms with van der Waals surface area (Å²) in [5.41, 5.74) is 2.14. The topological polar surface area (TPSA) is 46.5 Å². The number of phenolic OH excluding ortho intramolecular Hbond substituents is 1. The van der Waals surface area contributed by atoms with Crippen molar-refractivity contribution >= 4 is 5.78 Å². The molecule has 0 saturated carbocycles. The smallest absolute Gasteiger partial charge is 0.160 e. The summed E-state index contributed by atoms with van der Waals surface area (Å²) in [6, 6.07) is 15.2. The van der Waals surface area contributed by atoms with Gasteiger partial charge in [-0.25, -0.2) is 0 Å². The third-order valence-electron chi connectivity index (χ3n) is 3.63. The van der Waals surface area contributed by atoms with Crippen LogP contribution in [0, 0.1) is 5.92 Å². The molecule has 0 aliphatic heterocycles. The first-order chi connectivity index (χ1) is 10.1. The number of methoxy groups -OCH3 is 1. The third kappa shape index (κ3) is 4.09. The molecule has 0 aliphatic carbocycles. The Morgan fingerprint density at radius 2 is 1.76 bits per heavy atom. The van der Waals surface area contributed by atoms with Crippen LogP contribution in [0.15, 0.2) is 48.5 Å². The SMILES string of the molecule is COc1cc(CC(Cc2ccccc2)C(C)=O)ccc1O. The van der Waals surface area contributed by atoms with E-state index in [2.05, 4.69) is 0 Å². The van der Waals surface area contributed by atoms with Crippen molar-refractivity contribution in [1.29, 1.82) is 0 Å². The Morgan fingerprint density at radius 1 is 1.10 bits per heavy atom. The molecule has 0 fully saturated rings. The molecule has 110 valence electrons. The van der Waals surface area contributed by atoms with E-state index in [-0.39, 0.29) is 17.5 Å². The lowest BCUT2D eigenvalue weighted by molar-refractivity contribution is -0.120. The number of phenols is 1. The maximum atomic E-state index is 11.9. The zero-order valence-corrected chi connectivity index (χ0v) is 12.4. The Bertz CT molecular complexity index is 605. The van der Waals surface area contributed by atoms with Crippen LogP contribution in [-0.2, 0) is 17.6 Å². The first-order valence-electron chi connectivity index (χ1n) is 7.00. The molecule has 2 aromatic carbocycles. The lowest BCUT2D eigenvalue weighted by Gasteiger charge is -2.15. The van der Waals surface area contributed by atoms with E-state index in [0.717, 1.165) is 17.5 Å². The van der Waals surface area contributed by atoms with Crippen LogP contribution in [0.25, 0.3) is 0 Å². The van der Waals surface area contributed by atoms with Crippen molar-refractivity contribution in [3.05, 3.63) is 59.7 Å². The van der Waals surface area contributed by atoms with Gasteiger partial charge in [0.05, 0.1) is 7.11 Å². The molecule has 2 aromatic rings. The van der Waals surface area contributed by atoms with Crippen LogP contribution < -0.4 is 4.74 Å². The third-order valence-corrected chi connectivity index (χ3v) is 3.63. The Morgan fingerprint density at radius 3 is 2.38 bits per heavy atom. The van der Waals surface area contributed by atoms with Crippen molar-refractivity contribution in [2.75, 3.05) is 7.11 Å². The van der Waals surface area contributed by atoms with Crippen LogP contribution >= 0.6 is 0 Å². The quantitative estimate of drug-likeness (QED) is 0.884. The van der Waals surface area contributed by atoms with E-state index in [1.807, 2.05) is 36.4 Å². The highest BCUT2D eigenvalue weighted by Gasteiger charge is 2.16. The number of aromatic hydroxyl groups is 1. The number of benzene rings is 2. The summed E-state index contributed by atoms with van der Waals surface area (Å²) in [6.45, 7) is 1.63. The number of carbonyl (C=O) groups is 1. The van der Waals surface area contributed by atoms with Crippen molar-refractivity contribution in [2.45, 2.75) is 19.8 Å². The van der Waals surface area contributed by atoms with Crippen LogP contribution in [0.2, 0.25) is 0 Å². The van der Waals surface area contributed by atoms with E-state index < -0.39 is 0 Å². The van der Waals surface area contributed by atoms with E-state index in [1.54, 1.807) is 19.1 Å². The Balaban J connectivity index is 2.15. The second-order valence-corrected chi connectivity index (χ2v) is 5.21. The van der Waals surface area contributed by atoms with Crippen molar-refractivity contribution in [3.63, 3.8) is 0 Å². The van der Waals surface area contributed by atoms with Gasteiger partial charge in [-0.1, -0.05) is 36.4 Å². The first-order valence-corrected chi connectivity index (χ1v) is 7.00. The minimum absolute atomic E-state index is 0.0679. The van der Waals surface area contributed by atoms with Crippen molar-refractivity contribution in [2.24, 2.45) is 5.92 Å². The van der Waals surface area contributed by atoms with Gasteiger partial charge in [0.25, 0.3) is 0 Å². The number of rotatable bonds is 6. The van der Waals surface area contributed by atoms with Crippen LogP contribution in [0.3, 0.4) is 0 Å². The fraction of sp³-hybridized carbons (Fsp3) is 0.278. The Hall–Kier alpha value is -2.29. The Labute approximate surface area is 125 Å². The molecular weight excluding hydrogens is 264 g/mol. The zero-order chi connectivity index (χ0) is 15.2. The molecule has 1 N–H and O–H groups in total. The highest BCUT2D eigenvalue weighted by atomic mass is 16.5. The molecule has 2 rings (SSSR count). The van der Waals surface area contributed by atoms with Gasteiger partial charge in [-0.05, 0) is 43.0 Å². The molecule has 0 heterocycles. The molecule has 0 radical (unpaired) electrons. The second kappa shape index (κ2) is 6.93. The highest BCUT2D eigenvalue weighted by Crippen LogP contribution is 2.28. The molecule has 0 spiro atoms. The summed E-state index contributed by atoms with van der Waals surface area (Å²) in [5.74, 6) is 0.658. The van der Waals surface area contributed by atoms with Gasteiger partial charge in [-0.2, -0.15) is 0 Å². The van der Waals surface area contributed by atoms with E-state index in [0.29, 0.717) is 12.2 Å². The van der Waals surface area contributed by atoms with E-state index >= 15 is 0 Å². The van der Waals surface area contributed by atoms with Crippen molar-refractivity contribution in [3.8, 4) is 11.5 Å². The minimum atomic E-state index is -0.0679. The minimum Gasteiger partial charge on any atom is -0.504 e. The van der Waals surface area contributed by atoms with Crippen LogP contribution in [-0.4, -0.2) is 18.0 Å². The normalized spacial score (nSPS) is 11.9. The fourth-order valence-electron chi connectivity index (χ4n) is 2.39. The van der Waals surface area contributed by atoms with Gasteiger partial charge < -0.3 is 9.84 Å². The van der Waals surface area contributed by atoms with E-state index in [9.17, 15) is 9.90 Å². The van der Waals surface area contributed by atoms with E-state index in [1.165, 1.54) is 7.11 Å². The average molecular weight is 284 g/mol. The number of ether oxygens (including phenoxy) is 1. The van der Waals surface area contributed by atoms with E-state index in [4.69, 9.17) is 4.74 Å². The summed E-state index contributed by atoms with van der Waals surface area (Å²) in [4.78, 5) is 11.9. The molecule has 21 heavy (non-hydrogen) atoms. The zero-order valence-electron chi connectivity index (χ0n) is 12.4. The highest BCUT2D eigenvalue weighted by molar-refractivity contribution is 5.79. The van der Waals surface area contributed by atoms with Gasteiger partial charge in [-0.15, -0.1) is 0 Å². The summed E-state index contributed by atoms with van der Waals surface area (Å²) in [5, 5.41) is 9.62. The molecule has 0 aromatic heterocycles. The number of hydrogen-bond acceptors (Lipinski definition) is 3. The lowest BCUT2D eigenvalue weighted by atomic mass is 9.89. The molecule has 0 bridgehead atoms. The Kier molecular flexibility index (Phi) is 4.99. The van der Waals surface area contributed by atoms with Gasteiger partial charge >= 0.3 is 0 Å². The van der Waals surface area contributed by atoms with Gasteiger partial charge in [0.1, 0.15) is 5.78 Å². The monoisotopic (exact) mass is 284 g/mol. The molecule has 0 amide bonds. The predicted molar refractivity (Wildman–Crippen MR) is 82.7 cm³/mol. The van der Waals surface area contributed by atoms with Crippen molar-refractivity contribution in [1.82, 2.24) is 0 Å². The van der Waals surface area contributed by atoms with Gasteiger partial charge in [-0.3, -0.25) is 4.79 Å². The molecule has 3 nitrogen and oxygen atoms in total. The standard InChI is InChI=1S/C18H20O3/c1-13(19)16(10-14-6-4-3-5-7-14)11-15-8-9-17(20)18(12-15)21-2/h3-9,12,16,20H,10-11H2,1-2H3. The number of Topliss-reactive ketones (excluding diaryl/α,β-unsaturated/α-hetero) is 1. The molecule has 1 atom stereocenters. The lowest BCUT2D eigenvalue weighted by Crippen LogP contribution is -2.17. The van der Waals surface area contributed by atoms with Crippen molar-refractivity contribution < 1.29 is 14.6 Å². The van der Waals surface area contributed by atoms with Gasteiger partial charge in [0.2, 0.25) is 0 Å². The molecule has 3 heteroatoms. The first kappa shape index (κ1) is 15.1.